The van der Waals surface area contributed by atoms with Crippen LogP contribution in [-0.2, 0) is 7.05 Å². The van der Waals surface area contributed by atoms with Crippen molar-refractivity contribution in [1.82, 2.24) is 19.8 Å². The Morgan fingerprint density at radius 2 is 2.05 bits per heavy atom. The molecule has 0 unspecified atom stereocenters. The second-order valence-corrected chi connectivity index (χ2v) is 4.30. The van der Waals surface area contributed by atoms with Crippen LogP contribution in [0.15, 0.2) is 16.9 Å². The molecule has 2 aromatic rings. The summed E-state index contributed by atoms with van der Waals surface area (Å²) < 4.78 is 21.0. The summed E-state index contributed by atoms with van der Waals surface area (Å²) in [4.78, 5) is 11.8. The third-order valence-electron chi connectivity index (χ3n) is 2.39. The average molecular weight is 267 g/mol. The molecule has 19 heavy (non-hydrogen) atoms. The van der Waals surface area contributed by atoms with Crippen LogP contribution in [0.2, 0.25) is 0 Å². The molecule has 0 fully saturated rings. The van der Waals surface area contributed by atoms with E-state index in [0.29, 0.717) is 0 Å². The van der Waals surface area contributed by atoms with E-state index in [9.17, 15) is 9.18 Å². The van der Waals surface area contributed by atoms with Gasteiger partial charge in [0.1, 0.15) is 17.3 Å². The first-order valence-corrected chi connectivity index (χ1v) is 5.65. The van der Waals surface area contributed by atoms with Crippen LogP contribution in [0.5, 0.6) is 5.75 Å². The van der Waals surface area contributed by atoms with E-state index in [1.807, 2.05) is 0 Å². The van der Waals surface area contributed by atoms with E-state index in [4.69, 9.17) is 10.5 Å². The quantitative estimate of drug-likeness (QED) is 0.817. The van der Waals surface area contributed by atoms with Gasteiger partial charge in [-0.1, -0.05) is 0 Å². The van der Waals surface area contributed by atoms with Gasteiger partial charge in [-0.25, -0.2) is 9.18 Å². The number of nitrogen functional groups attached to an aromatic ring is 1. The van der Waals surface area contributed by atoms with Crippen LogP contribution < -0.4 is 16.2 Å². The molecule has 0 aliphatic rings. The van der Waals surface area contributed by atoms with Crippen molar-refractivity contribution in [2.45, 2.75) is 20.0 Å². The predicted octanol–water partition coefficient (Wildman–Crippen LogP) is 0.475. The lowest BCUT2D eigenvalue weighted by atomic mass is 10.2. The first-order chi connectivity index (χ1) is 8.90. The molecule has 0 spiro atoms. The lowest BCUT2D eigenvalue weighted by Gasteiger charge is -2.14. The summed E-state index contributed by atoms with van der Waals surface area (Å²) in [7, 11) is 1.46. The second-order valence-electron chi connectivity index (χ2n) is 4.30. The molecule has 102 valence electrons. The molecule has 0 aliphatic heterocycles. The molecule has 0 radical (unpaired) electrons. The molecule has 0 bridgehead atoms. The molecule has 2 rings (SSSR count). The molecule has 1 heterocycles. The number of rotatable bonds is 3. The van der Waals surface area contributed by atoms with Gasteiger partial charge in [0.25, 0.3) is 0 Å². The van der Waals surface area contributed by atoms with Gasteiger partial charge in [0.15, 0.2) is 0 Å². The average Bonchev–Trinajstić information content (AvgIpc) is 2.64. The first-order valence-electron chi connectivity index (χ1n) is 5.65. The fourth-order valence-electron chi connectivity index (χ4n) is 1.54. The summed E-state index contributed by atoms with van der Waals surface area (Å²) in [6, 6.07) is 2.43. The smallest absolute Gasteiger partial charge is 0.368 e. The Morgan fingerprint density at radius 3 is 2.58 bits per heavy atom. The number of anilines is 1. The molecule has 0 amide bonds. The molecule has 2 N–H and O–H groups in total. The molecule has 0 saturated carbocycles. The van der Waals surface area contributed by atoms with E-state index < -0.39 is 11.5 Å². The summed E-state index contributed by atoms with van der Waals surface area (Å²) in [6.45, 7) is 3.58. The van der Waals surface area contributed by atoms with Crippen LogP contribution in [-0.4, -0.2) is 25.9 Å². The third kappa shape index (κ3) is 2.42. The first kappa shape index (κ1) is 13.1. The summed E-state index contributed by atoms with van der Waals surface area (Å²) in [5.74, 6) is -0.430. The van der Waals surface area contributed by atoms with Gasteiger partial charge in [0.05, 0.1) is 11.8 Å². The number of nitrogens with zero attached hydrogens (tertiary/aromatic N) is 4. The number of tetrazole rings is 1. The molecule has 1 aromatic heterocycles. The third-order valence-corrected chi connectivity index (χ3v) is 2.39. The maximum atomic E-state index is 13.5. The fraction of sp³-hybridized carbons (Fsp3) is 0.364. The highest BCUT2D eigenvalue weighted by Crippen LogP contribution is 2.27. The minimum atomic E-state index is -0.615. The molecule has 1 aromatic carbocycles. The zero-order valence-electron chi connectivity index (χ0n) is 10.8. The minimum absolute atomic E-state index is 0.0938. The van der Waals surface area contributed by atoms with E-state index in [1.54, 1.807) is 13.8 Å². The SMILES string of the molecule is CC(C)Oc1cc(F)c(N)cc1-n1nnn(C)c1=O. The topological polar surface area (TPSA) is 88.0 Å². The second kappa shape index (κ2) is 4.71. The van der Waals surface area contributed by atoms with Gasteiger partial charge >= 0.3 is 5.69 Å². The van der Waals surface area contributed by atoms with Crippen LogP contribution in [0.1, 0.15) is 13.8 Å². The largest absolute Gasteiger partial charge is 0.489 e. The van der Waals surface area contributed by atoms with Crippen LogP contribution in [0, 0.1) is 5.82 Å². The van der Waals surface area contributed by atoms with Crippen molar-refractivity contribution in [2.24, 2.45) is 7.05 Å². The van der Waals surface area contributed by atoms with Crippen molar-refractivity contribution in [2.75, 3.05) is 5.73 Å². The molecule has 7 nitrogen and oxygen atoms in total. The van der Waals surface area contributed by atoms with Crippen molar-refractivity contribution in [3.05, 3.63) is 28.4 Å². The van der Waals surface area contributed by atoms with Gasteiger partial charge in [0, 0.05) is 13.1 Å². The number of hydrogen-bond donors (Lipinski definition) is 1. The zero-order chi connectivity index (χ0) is 14.2. The van der Waals surface area contributed by atoms with Gasteiger partial charge in [-0.15, -0.1) is 0 Å². The predicted molar refractivity (Wildman–Crippen MR) is 66.7 cm³/mol. The Kier molecular flexibility index (Phi) is 3.24. The zero-order valence-corrected chi connectivity index (χ0v) is 10.8. The van der Waals surface area contributed by atoms with Crippen LogP contribution in [0.25, 0.3) is 5.69 Å². The summed E-state index contributed by atoms with van der Waals surface area (Å²) >= 11 is 0. The Labute approximate surface area is 108 Å². The molecular weight excluding hydrogens is 253 g/mol. The Hall–Kier alpha value is -2.38. The Morgan fingerprint density at radius 1 is 1.37 bits per heavy atom. The number of ether oxygens (including phenoxy) is 1. The fourth-order valence-corrected chi connectivity index (χ4v) is 1.54. The number of aromatic nitrogens is 4. The molecule has 0 atom stereocenters. The van der Waals surface area contributed by atoms with Gasteiger partial charge < -0.3 is 10.5 Å². The lowest BCUT2D eigenvalue weighted by Crippen LogP contribution is -2.23. The minimum Gasteiger partial charge on any atom is -0.489 e. The number of halogens is 1. The number of nitrogens with two attached hydrogens (primary N) is 1. The van der Waals surface area contributed by atoms with Crippen LogP contribution in [0.3, 0.4) is 0 Å². The highest BCUT2D eigenvalue weighted by molar-refractivity contribution is 5.56. The van der Waals surface area contributed by atoms with Crippen LogP contribution >= 0.6 is 0 Å². The van der Waals surface area contributed by atoms with Gasteiger partial charge in [-0.05, 0) is 30.3 Å². The molecule has 8 heteroatoms. The van der Waals surface area contributed by atoms with E-state index >= 15 is 0 Å². The molecule has 0 saturated heterocycles. The summed E-state index contributed by atoms with van der Waals surface area (Å²) in [5.41, 5.74) is 5.20. The highest BCUT2D eigenvalue weighted by atomic mass is 19.1. The molecular formula is C11H14FN5O2. The summed E-state index contributed by atoms with van der Waals surface area (Å²) in [5, 5.41) is 7.28. The normalized spacial score (nSPS) is 11.0. The standard InChI is InChI=1S/C11H14FN5O2/c1-6(2)19-10-4-7(12)8(13)5-9(10)17-11(18)16(3)14-15-17/h4-6H,13H2,1-3H3. The van der Waals surface area contributed by atoms with Crippen molar-refractivity contribution in [1.29, 1.82) is 0 Å². The van der Waals surface area contributed by atoms with E-state index in [2.05, 4.69) is 10.4 Å². The molecule has 0 aliphatic carbocycles. The number of aryl methyl sites for hydroxylation is 1. The highest BCUT2D eigenvalue weighted by Gasteiger charge is 2.16. The van der Waals surface area contributed by atoms with E-state index in [1.165, 1.54) is 13.1 Å². The summed E-state index contributed by atoms with van der Waals surface area (Å²) in [6.07, 6.45) is -0.186. The van der Waals surface area contributed by atoms with E-state index in [-0.39, 0.29) is 23.2 Å². The van der Waals surface area contributed by atoms with E-state index in [0.717, 1.165) is 15.4 Å². The number of hydrogen-bond acceptors (Lipinski definition) is 5. The Bertz CT molecular complexity index is 662. The van der Waals surface area contributed by atoms with Crippen molar-refractivity contribution in [3.63, 3.8) is 0 Å². The van der Waals surface area contributed by atoms with Gasteiger partial charge in [-0.3, -0.25) is 0 Å². The lowest BCUT2D eigenvalue weighted by molar-refractivity contribution is 0.240. The maximum Gasteiger partial charge on any atom is 0.368 e. The van der Waals surface area contributed by atoms with Crippen molar-refractivity contribution >= 4 is 5.69 Å². The maximum absolute atomic E-state index is 13.5. The van der Waals surface area contributed by atoms with Gasteiger partial charge in [-0.2, -0.15) is 9.36 Å². The van der Waals surface area contributed by atoms with Crippen molar-refractivity contribution < 1.29 is 9.13 Å². The van der Waals surface area contributed by atoms with Gasteiger partial charge in [0.2, 0.25) is 0 Å². The Balaban J connectivity index is 2.64. The van der Waals surface area contributed by atoms with Crippen LogP contribution in [0.4, 0.5) is 10.1 Å². The van der Waals surface area contributed by atoms with Crippen molar-refractivity contribution in [3.8, 4) is 11.4 Å². The monoisotopic (exact) mass is 267 g/mol. The number of benzene rings is 1.